The molecule has 0 saturated carbocycles. The molecule has 0 bridgehead atoms. The average molecular weight is 200 g/mol. The van der Waals surface area contributed by atoms with Crippen molar-refractivity contribution in [3.8, 4) is 6.07 Å². The van der Waals surface area contributed by atoms with Crippen molar-refractivity contribution >= 4 is 0 Å². The molecule has 2 nitrogen and oxygen atoms in total. The van der Waals surface area contributed by atoms with Gasteiger partial charge in [-0.3, -0.25) is 0 Å². The molecule has 78 valence electrons. The lowest BCUT2D eigenvalue weighted by Crippen LogP contribution is -2.20. The minimum atomic E-state index is 0.862. The molecular formula is C13H16N2. The van der Waals surface area contributed by atoms with Crippen molar-refractivity contribution in [2.45, 2.75) is 20.4 Å². The Morgan fingerprint density at radius 2 is 2.07 bits per heavy atom. The van der Waals surface area contributed by atoms with Crippen LogP contribution in [-0.4, -0.2) is 11.4 Å². The zero-order chi connectivity index (χ0) is 11.1. The molecule has 0 N–H and O–H groups in total. The molecule has 0 aromatic heterocycles. The first-order chi connectivity index (χ1) is 7.27. The maximum absolute atomic E-state index is 8.59. The molecule has 1 aromatic carbocycles. The summed E-state index contributed by atoms with van der Waals surface area (Å²) in [6.45, 7) is 5.84. The first-order valence-electron chi connectivity index (χ1n) is 5.13. The van der Waals surface area contributed by atoms with Gasteiger partial charge in [0.05, 0.1) is 6.07 Å². The Morgan fingerprint density at radius 1 is 1.40 bits per heavy atom. The second-order valence-electron chi connectivity index (χ2n) is 3.41. The SMILES string of the molecule is CCN(Cc1ccccc1)C(C)=CC#N. The number of hydrogen-bond acceptors (Lipinski definition) is 2. The molecule has 0 amide bonds. The van der Waals surface area contributed by atoms with E-state index in [0.29, 0.717) is 0 Å². The molecule has 0 spiro atoms. The van der Waals surface area contributed by atoms with E-state index in [9.17, 15) is 0 Å². The maximum Gasteiger partial charge on any atom is 0.0930 e. The topological polar surface area (TPSA) is 27.0 Å². The van der Waals surface area contributed by atoms with Gasteiger partial charge in [-0.1, -0.05) is 30.3 Å². The van der Waals surface area contributed by atoms with Crippen molar-refractivity contribution in [3.05, 3.63) is 47.7 Å². The number of hydrogen-bond donors (Lipinski definition) is 0. The van der Waals surface area contributed by atoms with Crippen LogP contribution >= 0.6 is 0 Å². The lowest BCUT2D eigenvalue weighted by Gasteiger charge is -2.23. The number of rotatable bonds is 4. The van der Waals surface area contributed by atoms with Crippen LogP contribution in [0.3, 0.4) is 0 Å². The number of nitrogens with zero attached hydrogens (tertiary/aromatic N) is 2. The fourth-order valence-electron chi connectivity index (χ4n) is 1.47. The molecule has 2 heteroatoms. The summed E-state index contributed by atoms with van der Waals surface area (Å²) in [5.74, 6) is 0. The zero-order valence-electron chi connectivity index (χ0n) is 9.27. The highest BCUT2D eigenvalue weighted by Crippen LogP contribution is 2.09. The van der Waals surface area contributed by atoms with Gasteiger partial charge >= 0.3 is 0 Å². The molecule has 0 saturated heterocycles. The van der Waals surface area contributed by atoms with E-state index in [1.165, 1.54) is 5.56 Å². The average Bonchev–Trinajstić information content (AvgIpc) is 2.27. The van der Waals surface area contributed by atoms with Crippen LogP contribution in [0.5, 0.6) is 0 Å². The van der Waals surface area contributed by atoms with Gasteiger partial charge in [0.25, 0.3) is 0 Å². The molecule has 1 rings (SSSR count). The highest BCUT2D eigenvalue weighted by atomic mass is 15.1. The van der Waals surface area contributed by atoms with Gasteiger partial charge in [0.2, 0.25) is 0 Å². The van der Waals surface area contributed by atoms with Crippen LogP contribution in [0.25, 0.3) is 0 Å². The standard InChI is InChI=1S/C13H16N2/c1-3-15(12(2)9-10-14)11-13-7-5-4-6-8-13/h4-9H,3,11H2,1-2H3. The van der Waals surface area contributed by atoms with Gasteiger partial charge in [0.15, 0.2) is 0 Å². The summed E-state index contributed by atoms with van der Waals surface area (Å²) in [7, 11) is 0. The van der Waals surface area contributed by atoms with Crippen LogP contribution < -0.4 is 0 Å². The summed E-state index contributed by atoms with van der Waals surface area (Å²) < 4.78 is 0. The van der Waals surface area contributed by atoms with Crippen LogP contribution in [0, 0.1) is 11.3 Å². The third kappa shape index (κ3) is 3.47. The normalized spacial score (nSPS) is 10.9. The molecule has 0 heterocycles. The molecule has 0 atom stereocenters. The highest BCUT2D eigenvalue weighted by Gasteiger charge is 2.03. The van der Waals surface area contributed by atoms with Gasteiger partial charge in [-0.25, -0.2) is 0 Å². The fraction of sp³-hybridized carbons (Fsp3) is 0.308. The van der Waals surface area contributed by atoms with E-state index < -0.39 is 0 Å². The summed E-state index contributed by atoms with van der Waals surface area (Å²) >= 11 is 0. The Labute approximate surface area is 91.4 Å². The van der Waals surface area contributed by atoms with Crippen LogP contribution in [0.4, 0.5) is 0 Å². The van der Waals surface area contributed by atoms with E-state index in [-0.39, 0.29) is 0 Å². The van der Waals surface area contributed by atoms with Crippen molar-refractivity contribution in [1.82, 2.24) is 4.90 Å². The zero-order valence-corrected chi connectivity index (χ0v) is 9.27. The van der Waals surface area contributed by atoms with Crippen LogP contribution in [0.2, 0.25) is 0 Å². The first-order valence-corrected chi connectivity index (χ1v) is 5.13. The summed E-state index contributed by atoms with van der Waals surface area (Å²) in [5, 5.41) is 8.59. The van der Waals surface area contributed by atoms with E-state index >= 15 is 0 Å². The van der Waals surface area contributed by atoms with Crippen molar-refractivity contribution < 1.29 is 0 Å². The van der Waals surface area contributed by atoms with Crippen molar-refractivity contribution in [2.75, 3.05) is 6.54 Å². The monoisotopic (exact) mass is 200 g/mol. The summed E-state index contributed by atoms with van der Waals surface area (Å²) in [5.41, 5.74) is 2.29. The molecule has 1 aromatic rings. The molecule has 15 heavy (non-hydrogen) atoms. The van der Waals surface area contributed by atoms with E-state index in [4.69, 9.17) is 5.26 Å². The van der Waals surface area contributed by atoms with E-state index in [2.05, 4.69) is 30.0 Å². The molecule has 0 radical (unpaired) electrons. The van der Waals surface area contributed by atoms with E-state index in [1.54, 1.807) is 6.08 Å². The van der Waals surface area contributed by atoms with Gasteiger partial charge in [-0.2, -0.15) is 5.26 Å². The number of nitriles is 1. The van der Waals surface area contributed by atoms with Gasteiger partial charge in [0.1, 0.15) is 0 Å². The Balaban J connectivity index is 2.71. The minimum absolute atomic E-state index is 0.862. The fourth-order valence-corrected chi connectivity index (χ4v) is 1.47. The van der Waals surface area contributed by atoms with Crippen LogP contribution in [-0.2, 0) is 6.54 Å². The Kier molecular flexibility index (Phi) is 4.43. The minimum Gasteiger partial charge on any atom is -0.370 e. The van der Waals surface area contributed by atoms with Gasteiger partial charge in [0, 0.05) is 24.9 Å². The van der Waals surface area contributed by atoms with Gasteiger partial charge in [-0.15, -0.1) is 0 Å². The van der Waals surface area contributed by atoms with Crippen LogP contribution in [0.15, 0.2) is 42.1 Å². The van der Waals surface area contributed by atoms with Crippen molar-refractivity contribution in [1.29, 1.82) is 5.26 Å². The Hall–Kier alpha value is -1.75. The summed E-state index contributed by atoms with van der Waals surface area (Å²) in [4.78, 5) is 2.18. The Bertz CT molecular complexity index is 360. The quantitative estimate of drug-likeness (QED) is 0.699. The Morgan fingerprint density at radius 3 is 2.60 bits per heavy atom. The molecule has 0 aliphatic carbocycles. The molecule has 0 fully saturated rings. The molecule has 0 aliphatic heterocycles. The van der Waals surface area contributed by atoms with Gasteiger partial charge in [-0.05, 0) is 19.4 Å². The van der Waals surface area contributed by atoms with E-state index in [1.807, 2.05) is 25.1 Å². The van der Waals surface area contributed by atoms with Crippen LogP contribution in [0.1, 0.15) is 19.4 Å². The third-order valence-electron chi connectivity index (χ3n) is 2.37. The maximum atomic E-state index is 8.59. The lowest BCUT2D eigenvalue weighted by molar-refractivity contribution is 0.356. The largest absolute Gasteiger partial charge is 0.370 e. The predicted octanol–water partition coefficient (Wildman–Crippen LogP) is 2.94. The predicted molar refractivity (Wildman–Crippen MR) is 61.9 cm³/mol. The summed E-state index contributed by atoms with van der Waals surface area (Å²) in [6.07, 6.45) is 1.59. The second kappa shape index (κ2) is 5.87. The number of benzene rings is 1. The molecule has 0 unspecified atom stereocenters. The summed E-state index contributed by atoms with van der Waals surface area (Å²) in [6, 6.07) is 12.3. The third-order valence-corrected chi connectivity index (χ3v) is 2.37. The van der Waals surface area contributed by atoms with E-state index in [0.717, 1.165) is 18.8 Å². The molecule has 0 aliphatic rings. The smallest absolute Gasteiger partial charge is 0.0930 e. The number of allylic oxidation sites excluding steroid dienone is 2. The lowest BCUT2D eigenvalue weighted by atomic mass is 10.2. The van der Waals surface area contributed by atoms with Gasteiger partial charge < -0.3 is 4.90 Å². The first kappa shape index (κ1) is 11.3. The highest BCUT2D eigenvalue weighted by molar-refractivity contribution is 5.17. The van der Waals surface area contributed by atoms with Crippen molar-refractivity contribution in [2.24, 2.45) is 0 Å². The van der Waals surface area contributed by atoms with Crippen molar-refractivity contribution in [3.63, 3.8) is 0 Å². The second-order valence-corrected chi connectivity index (χ2v) is 3.41. The molecular weight excluding hydrogens is 184 g/mol.